The molecule has 0 bridgehead atoms. The smallest absolute Gasteiger partial charge is 0.0580 e. The summed E-state index contributed by atoms with van der Waals surface area (Å²) < 4.78 is 5.58. The monoisotopic (exact) mass is 302 g/mol. The van der Waals surface area contributed by atoms with E-state index in [9.17, 15) is 0 Å². The van der Waals surface area contributed by atoms with E-state index < -0.39 is 0 Å². The molecular formula is C13H19BrOS. The molecule has 1 aliphatic rings. The average molecular weight is 303 g/mol. The highest BCUT2D eigenvalue weighted by Crippen LogP contribution is 2.35. The molecule has 1 atom stereocenters. The second-order valence-corrected chi connectivity index (χ2v) is 6.66. The van der Waals surface area contributed by atoms with E-state index >= 15 is 0 Å². The predicted octanol–water partition coefficient (Wildman–Crippen LogP) is 4.26. The minimum absolute atomic E-state index is 0.552. The molecule has 3 heteroatoms. The van der Waals surface area contributed by atoms with Crippen LogP contribution >= 0.6 is 27.3 Å². The first-order chi connectivity index (χ1) is 7.78. The lowest BCUT2D eigenvalue weighted by Gasteiger charge is -2.36. The molecule has 0 N–H and O–H groups in total. The Morgan fingerprint density at radius 2 is 2.38 bits per heavy atom. The quantitative estimate of drug-likeness (QED) is 0.714. The van der Waals surface area contributed by atoms with Crippen LogP contribution in [0.4, 0.5) is 0 Å². The average Bonchev–Trinajstić information content (AvgIpc) is 2.67. The molecule has 1 aromatic heterocycles. The van der Waals surface area contributed by atoms with Gasteiger partial charge in [0.05, 0.1) is 6.10 Å². The molecule has 1 fully saturated rings. The maximum Gasteiger partial charge on any atom is 0.0580 e. The minimum Gasteiger partial charge on any atom is -0.378 e. The summed E-state index contributed by atoms with van der Waals surface area (Å²) in [6, 6.07) is 2.22. The van der Waals surface area contributed by atoms with E-state index in [2.05, 4.69) is 39.7 Å². The Hall–Kier alpha value is 0.140. The molecule has 16 heavy (non-hydrogen) atoms. The standard InChI is InChI=1S/C13H19BrOS/c1-2-15-13-7-11(8-13)6-12(14)5-10-3-4-16-9-10/h3-4,9,11-13H,2,5-8H2,1H3. The Morgan fingerprint density at radius 3 is 3.00 bits per heavy atom. The molecule has 0 aliphatic heterocycles. The highest BCUT2D eigenvalue weighted by Gasteiger charge is 2.30. The third-order valence-electron chi connectivity index (χ3n) is 3.22. The van der Waals surface area contributed by atoms with Crippen molar-refractivity contribution in [1.82, 2.24) is 0 Å². The fraction of sp³-hybridized carbons (Fsp3) is 0.692. The largest absolute Gasteiger partial charge is 0.378 e. The van der Waals surface area contributed by atoms with E-state index in [1.54, 1.807) is 11.3 Å². The van der Waals surface area contributed by atoms with Crippen LogP contribution in [0.25, 0.3) is 0 Å². The number of hydrogen-bond acceptors (Lipinski definition) is 2. The molecule has 1 unspecified atom stereocenters. The first-order valence-corrected chi connectivity index (χ1v) is 7.90. The van der Waals surface area contributed by atoms with E-state index in [4.69, 9.17) is 4.74 Å². The van der Waals surface area contributed by atoms with Crippen molar-refractivity contribution in [3.63, 3.8) is 0 Å². The summed E-state index contributed by atoms with van der Waals surface area (Å²) in [7, 11) is 0. The summed E-state index contributed by atoms with van der Waals surface area (Å²) in [4.78, 5) is 0.634. The summed E-state index contributed by atoms with van der Waals surface area (Å²) in [5.41, 5.74) is 1.47. The van der Waals surface area contributed by atoms with Crippen LogP contribution in [0, 0.1) is 5.92 Å². The fourth-order valence-electron chi connectivity index (χ4n) is 2.35. The van der Waals surface area contributed by atoms with Crippen molar-refractivity contribution >= 4 is 27.3 Å². The second-order valence-electron chi connectivity index (χ2n) is 4.58. The topological polar surface area (TPSA) is 9.23 Å². The molecule has 2 rings (SSSR count). The number of thiophene rings is 1. The van der Waals surface area contributed by atoms with Gasteiger partial charge in [-0.1, -0.05) is 15.9 Å². The highest BCUT2D eigenvalue weighted by atomic mass is 79.9. The van der Waals surface area contributed by atoms with Gasteiger partial charge in [0.2, 0.25) is 0 Å². The molecule has 90 valence electrons. The third kappa shape index (κ3) is 3.57. The van der Waals surface area contributed by atoms with Gasteiger partial charge < -0.3 is 4.74 Å². The van der Waals surface area contributed by atoms with Crippen LogP contribution in [0.1, 0.15) is 31.7 Å². The molecular weight excluding hydrogens is 284 g/mol. The van der Waals surface area contributed by atoms with Crippen LogP contribution in [0.15, 0.2) is 16.8 Å². The lowest BCUT2D eigenvalue weighted by Crippen LogP contribution is -2.33. The molecule has 0 spiro atoms. The van der Waals surface area contributed by atoms with Crippen LogP contribution < -0.4 is 0 Å². The number of halogens is 1. The normalized spacial score (nSPS) is 26.4. The minimum atomic E-state index is 0.552. The van der Waals surface area contributed by atoms with E-state index in [-0.39, 0.29) is 0 Å². The van der Waals surface area contributed by atoms with Gasteiger partial charge in [0.25, 0.3) is 0 Å². The SMILES string of the molecule is CCOC1CC(CC(Br)Cc2ccsc2)C1. The Labute approximate surface area is 110 Å². The lowest BCUT2D eigenvalue weighted by molar-refractivity contribution is -0.0263. The molecule has 1 aliphatic carbocycles. The van der Waals surface area contributed by atoms with E-state index in [0.29, 0.717) is 10.9 Å². The molecule has 1 heterocycles. The van der Waals surface area contributed by atoms with Crippen LogP contribution in [0.3, 0.4) is 0 Å². The molecule has 0 amide bonds. The van der Waals surface area contributed by atoms with Crippen molar-refractivity contribution in [1.29, 1.82) is 0 Å². The second kappa shape index (κ2) is 6.18. The zero-order valence-electron chi connectivity index (χ0n) is 9.69. The molecule has 0 aromatic carbocycles. The van der Waals surface area contributed by atoms with Gasteiger partial charge in [0.15, 0.2) is 0 Å². The maximum atomic E-state index is 5.58. The van der Waals surface area contributed by atoms with E-state index in [0.717, 1.165) is 12.5 Å². The Bertz CT molecular complexity index is 293. The van der Waals surface area contributed by atoms with Gasteiger partial charge in [0, 0.05) is 11.4 Å². The summed E-state index contributed by atoms with van der Waals surface area (Å²) in [6.07, 6.45) is 5.54. The summed E-state index contributed by atoms with van der Waals surface area (Å²) in [5.74, 6) is 0.875. The van der Waals surface area contributed by atoms with Gasteiger partial charge >= 0.3 is 0 Å². The maximum absolute atomic E-state index is 5.58. The predicted molar refractivity (Wildman–Crippen MR) is 73.5 cm³/mol. The number of ether oxygens (including phenoxy) is 1. The molecule has 1 saturated carbocycles. The summed E-state index contributed by atoms with van der Waals surface area (Å²) in [5, 5.41) is 4.40. The fourth-order valence-corrected chi connectivity index (χ4v) is 3.93. The van der Waals surface area contributed by atoms with Gasteiger partial charge in [-0.05, 0) is 60.9 Å². The van der Waals surface area contributed by atoms with Gasteiger partial charge in [-0.15, -0.1) is 0 Å². The first kappa shape index (κ1) is 12.6. The third-order valence-corrected chi connectivity index (χ3v) is 4.65. The van der Waals surface area contributed by atoms with Crippen molar-refractivity contribution in [2.45, 2.75) is 43.5 Å². The van der Waals surface area contributed by atoms with Crippen molar-refractivity contribution in [2.24, 2.45) is 5.92 Å². The van der Waals surface area contributed by atoms with Crippen LogP contribution in [-0.2, 0) is 11.2 Å². The summed E-state index contributed by atoms with van der Waals surface area (Å²) >= 11 is 5.58. The molecule has 0 saturated heterocycles. The van der Waals surface area contributed by atoms with Gasteiger partial charge in [-0.2, -0.15) is 11.3 Å². The van der Waals surface area contributed by atoms with Crippen LogP contribution in [-0.4, -0.2) is 17.5 Å². The van der Waals surface area contributed by atoms with E-state index in [1.807, 2.05) is 0 Å². The van der Waals surface area contributed by atoms with Gasteiger partial charge in [-0.3, -0.25) is 0 Å². The first-order valence-electron chi connectivity index (χ1n) is 6.04. The molecule has 1 nitrogen and oxygen atoms in total. The van der Waals surface area contributed by atoms with Crippen molar-refractivity contribution in [3.05, 3.63) is 22.4 Å². The van der Waals surface area contributed by atoms with Gasteiger partial charge in [0.1, 0.15) is 0 Å². The molecule has 1 aromatic rings. The van der Waals surface area contributed by atoms with E-state index in [1.165, 1.54) is 31.2 Å². The highest BCUT2D eigenvalue weighted by molar-refractivity contribution is 9.09. The van der Waals surface area contributed by atoms with Gasteiger partial charge in [-0.25, -0.2) is 0 Å². The zero-order valence-corrected chi connectivity index (χ0v) is 12.1. The van der Waals surface area contributed by atoms with Crippen LogP contribution in [0.5, 0.6) is 0 Å². The summed E-state index contributed by atoms with van der Waals surface area (Å²) in [6.45, 7) is 2.95. The number of hydrogen-bond donors (Lipinski definition) is 0. The molecule has 0 radical (unpaired) electrons. The Balaban J connectivity index is 1.64. The van der Waals surface area contributed by atoms with Crippen molar-refractivity contribution in [3.8, 4) is 0 Å². The van der Waals surface area contributed by atoms with Crippen molar-refractivity contribution in [2.75, 3.05) is 6.61 Å². The van der Waals surface area contributed by atoms with Crippen molar-refractivity contribution < 1.29 is 4.74 Å². The number of rotatable bonds is 6. The number of alkyl halides is 1. The Kier molecular flexibility index (Phi) is 4.86. The van der Waals surface area contributed by atoms with Crippen LogP contribution in [0.2, 0.25) is 0 Å². The Morgan fingerprint density at radius 1 is 1.56 bits per heavy atom. The zero-order chi connectivity index (χ0) is 11.4. The lowest BCUT2D eigenvalue weighted by atomic mass is 9.79.